The second-order valence-corrected chi connectivity index (χ2v) is 7.59. The summed E-state index contributed by atoms with van der Waals surface area (Å²) in [7, 11) is -3.07. The van der Waals surface area contributed by atoms with Crippen LogP contribution in [-0.2, 0) is 16.3 Å². The van der Waals surface area contributed by atoms with E-state index in [4.69, 9.17) is 5.73 Å². The van der Waals surface area contributed by atoms with Gasteiger partial charge in [0.15, 0.2) is 9.84 Å². The number of sulfone groups is 1. The molecule has 1 aromatic rings. The smallest absolute Gasteiger partial charge is 0.151 e. The Morgan fingerprint density at radius 2 is 2.00 bits per heavy atom. The van der Waals surface area contributed by atoms with Crippen LogP contribution in [0.15, 0.2) is 24.3 Å². The molecule has 2 rings (SSSR count). The van der Waals surface area contributed by atoms with Crippen molar-refractivity contribution >= 4 is 9.84 Å². The predicted molar refractivity (Wildman–Crippen MR) is 75.5 cm³/mol. The van der Waals surface area contributed by atoms with E-state index in [0.717, 1.165) is 12.0 Å². The molecule has 0 aromatic heterocycles. The van der Waals surface area contributed by atoms with E-state index in [1.807, 2.05) is 24.3 Å². The van der Waals surface area contributed by atoms with Crippen molar-refractivity contribution in [1.29, 1.82) is 0 Å². The minimum Gasteiger partial charge on any atom is -0.388 e. The number of aliphatic hydroxyl groups excluding tert-OH is 1. The molecule has 1 aliphatic heterocycles. The maximum absolute atomic E-state index is 11.7. The molecule has 2 atom stereocenters. The first-order chi connectivity index (χ1) is 8.92. The molecule has 1 saturated heterocycles. The number of hydrogen-bond acceptors (Lipinski definition) is 4. The molecule has 19 heavy (non-hydrogen) atoms. The third-order valence-corrected chi connectivity index (χ3v) is 5.95. The number of hydrogen-bond donors (Lipinski definition) is 2. The standard InChI is InChI=1S/C14H21NO3S/c1-2-11-3-5-12(6-4-11)13(16)14(9-15)7-8-19(17,18)10-14/h3-6,13,16H,2,7-10,15H2,1H3. The van der Waals surface area contributed by atoms with Crippen molar-refractivity contribution in [2.24, 2.45) is 11.1 Å². The highest BCUT2D eigenvalue weighted by Crippen LogP contribution is 2.42. The van der Waals surface area contributed by atoms with Gasteiger partial charge in [0.05, 0.1) is 17.6 Å². The number of aliphatic hydroxyl groups is 1. The second kappa shape index (κ2) is 5.23. The van der Waals surface area contributed by atoms with Crippen molar-refractivity contribution in [2.45, 2.75) is 25.9 Å². The van der Waals surface area contributed by atoms with Gasteiger partial charge in [0, 0.05) is 12.0 Å². The zero-order valence-electron chi connectivity index (χ0n) is 11.2. The lowest BCUT2D eigenvalue weighted by Crippen LogP contribution is -2.38. The lowest BCUT2D eigenvalue weighted by molar-refractivity contribution is 0.0472. The van der Waals surface area contributed by atoms with Crippen molar-refractivity contribution in [3.8, 4) is 0 Å². The predicted octanol–water partition coefficient (Wildman–Crippen LogP) is 1.05. The Balaban J connectivity index is 2.28. The summed E-state index contributed by atoms with van der Waals surface area (Å²) in [5.74, 6) is 0.0987. The molecule has 1 heterocycles. The fourth-order valence-electron chi connectivity index (χ4n) is 2.72. The van der Waals surface area contributed by atoms with Crippen LogP contribution in [0.1, 0.15) is 30.6 Å². The number of benzene rings is 1. The molecule has 106 valence electrons. The minimum atomic E-state index is -3.07. The topological polar surface area (TPSA) is 80.4 Å². The van der Waals surface area contributed by atoms with Crippen LogP contribution in [0, 0.1) is 5.41 Å². The summed E-state index contributed by atoms with van der Waals surface area (Å²) < 4.78 is 23.3. The molecule has 0 radical (unpaired) electrons. The highest BCUT2D eigenvalue weighted by Gasteiger charge is 2.46. The first kappa shape index (κ1) is 14.5. The van der Waals surface area contributed by atoms with Gasteiger partial charge in [-0.15, -0.1) is 0 Å². The molecule has 0 amide bonds. The van der Waals surface area contributed by atoms with Crippen LogP contribution >= 0.6 is 0 Å². The van der Waals surface area contributed by atoms with Crippen LogP contribution in [0.3, 0.4) is 0 Å². The molecule has 4 nitrogen and oxygen atoms in total. The van der Waals surface area contributed by atoms with Gasteiger partial charge in [-0.3, -0.25) is 0 Å². The zero-order valence-corrected chi connectivity index (χ0v) is 12.0. The summed E-state index contributed by atoms with van der Waals surface area (Å²) in [6.45, 7) is 2.25. The van der Waals surface area contributed by atoms with E-state index in [-0.39, 0.29) is 18.1 Å². The van der Waals surface area contributed by atoms with Crippen LogP contribution in [0.2, 0.25) is 0 Å². The summed E-state index contributed by atoms with van der Waals surface area (Å²) >= 11 is 0. The Morgan fingerprint density at radius 3 is 2.42 bits per heavy atom. The molecule has 1 fully saturated rings. The summed E-state index contributed by atoms with van der Waals surface area (Å²) in [5.41, 5.74) is 6.97. The van der Waals surface area contributed by atoms with Gasteiger partial charge in [-0.25, -0.2) is 8.42 Å². The highest BCUT2D eigenvalue weighted by molar-refractivity contribution is 7.91. The average Bonchev–Trinajstić information content (AvgIpc) is 2.75. The summed E-state index contributed by atoms with van der Waals surface area (Å²) in [6.07, 6.45) is 0.552. The summed E-state index contributed by atoms with van der Waals surface area (Å²) in [6, 6.07) is 7.66. The molecule has 1 aromatic carbocycles. The molecule has 0 spiro atoms. The quantitative estimate of drug-likeness (QED) is 0.865. The Kier molecular flexibility index (Phi) is 3.99. The Hall–Kier alpha value is -0.910. The third kappa shape index (κ3) is 2.83. The maximum atomic E-state index is 11.7. The van der Waals surface area contributed by atoms with Crippen LogP contribution < -0.4 is 5.73 Å². The van der Waals surface area contributed by atoms with Crippen LogP contribution in [0.4, 0.5) is 0 Å². The highest BCUT2D eigenvalue weighted by atomic mass is 32.2. The Labute approximate surface area is 114 Å². The van der Waals surface area contributed by atoms with Crippen molar-refractivity contribution < 1.29 is 13.5 Å². The molecule has 0 bridgehead atoms. The third-order valence-electron chi connectivity index (χ3n) is 4.11. The van der Waals surface area contributed by atoms with Gasteiger partial charge in [0.2, 0.25) is 0 Å². The minimum absolute atomic E-state index is 0.0206. The van der Waals surface area contributed by atoms with Gasteiger partial charge in [-0.1, -0.05) is 31.2 Å². The van der Waals surface area contributed by atoms with Gasteiger partial charge in [0.1, 0.15) is 0 Å². The first-order valence-electron chi connectivity index (χ1n) is 6.60. The lowest BCUT2D eigenvalue weighted by Gasteiger charge is -2.32. The van der Waals surface area contributed by atoms with Gasteiger partial charge in [-0.05, 0) is 24.0 Å². The van der Waals surface area contributed by atoms with E-state index < -0.39 is 21.4 Å². The average molecular weight is 283 g/mol. The van der Waals surface area contributed by atoms with E-state index in [0.29, 0.717) is 6.42 Å². The van der Waals surface area contributed by atoms with Crippen molar-refractivity contribution in [3.63, 3.8) is 0 Å². The lowest BCUT2D eigenvalue weighted by atomic mass is 9.78. The molecule has 0 saturated carbocycles. The summed E-state index contributed by atoms with van der Waals surface area (Å²) in [4.78, 5) is 0. The van der Waals surface area contributed by atoms with Crippen molar-refractivity contribution in [1.82, 2.24) is 0 Å². The molecular formula is C14H21NO3S. The van der Waals surface area contributed by atoms with E-state index in [1.54, 1.807) is 0 Å². The fraction of sp³-hybridized carbons (Fsp3) is 0.571. The van der Waals surface area contributed by atoms with E-state index in [1.165, 1.54) is 5.56 Å². The molecule has 0 aliphatic carbocycles. The van der Waals surface area contributed by atoms with Crippen molar-refractivity contribution in [2.75, 3.05) is 18.1 Å². The van der Waals surface area contributed by atoms with E-state index >= 15 is 0 Å². The number of nitrogens with two attached hydrogens (primary N) is 1. The van der Waals surface area contributed by atoms with E-state index in [9.17, 15) is 13.5 Å². The van der Waals surface area contributed by atoms with Crippen molar-refractivity contribution in [3.05, 3.63) is 35.4 Å². The number of aryl methyl sites for hydroxylation is 1. The normalized spacial score (nSPS) is 27.3. The monoisotopic (exact) mass is 283 g/mol. The second-order valence-electron chi connectivity index (χ2n) is 5.41. The molecule has 1 aliphatic rings. The van der Waals surface area contributed by atoms with Gasteiger partial charge in [-0.2, -0.15) is 0 Å². The van der Waals surface area contributed by atoms with E-state index in [2.05, 4.69) is 6.92 Å². The molecule has 2 unspecified atom stereocenters. The SMILES string of the molecule is CCc1ccc(C(O)C2(CN)CCS(=O)(=O)C2)cc1. The van der Waals surface area contributed by atoms with Gasteiger partial charge < -0.3 is 10.8 Å². The van der Waals surface area contributed by atoms with Crippen LogP contribution in [-0.4, -0.2) is 31.6 Å². The first-order valence-corrected chi connectivity index (χ1v) is 8.42. The summed E-state index contributed by atoms with van der Waals surface area (Å²) in [5, 5.41) is 10.5. The Morgan fingerprint density at radius 1 is 1.37 bits per heavy atom. The fourth-order valence-corrected chi connectivity index (χ4v) is 4.88. The van der Waals surface area contributed by atoms with Gasteiger partial charge >= 0.3 is 0 Å². The zero-order chi connectivity index (χ0) is 14.1. The van der Waals surface area contributed by atoms with Crippen LogP contribution in [0.5, 0.6) is 0 Å². The number of rotatable bonds is 4. The molecule has 3 N–H and O–H groups in total. The largest absolute Gasteiger partial charge is 0.388 e. The van der Waals surface area contributed by atoms with Gasteiger partial charge in [0.25, 0.3) is 0 Å². The Bertz CT molecular complexity index is 538. The molecular weight excluding hydrogens is 262 g/mol. The maximum Gasteiger partial charge on any atom is 0.151 e. The van der Waals surface area contributed by atoms with Crippen LogP contribution in [0.25, 0.3) is 0 Å². The molecule has 5 heteroatoms.